The van der Waals surface area contributed by atoms with Gasteiger partial charge in [0.15, 0.2) is 0 Å². The van der Waals surface area contributed by atoms with Gasteiger partial charge in [-0.2, -0.15) is 0 Å². The first-order valence-electron chi connectivity index (χ1n) is 5.45. The molecule has 1 saturated heterocycles. The van der Waals surface area contributed by atoms with E-state index in [1.54, 1.807) is 0 Å². The number of hydrogen-bond donors (Lipinski definition) is 0. The third-order valence-corrected chi connectivity index (χ3v) is 4.31. The van der Waals surface area contributed by atoms with E-state index >= 15 is 0 Å². The van der Waals surface area contributed by atoms with E-state index in [-0.39, 0.29) is 11.7 Å². The Kier molecular flexibility index (Phi) is 1.58. The Labute approximate surface area is 78.6 Å². The van der Waals surface area contributed by atoms with E-state index < -0.39 is 0 Å². The molecule has 0 aromatic heterocycles. The normalized spacial score (nSPS) is 53.4. The Hall–Kier alpha value is -0.370. The van der Waals surface area contributed by atoms with Gasteiger partial charge in [-0.15, -0.1) is 0 Å². The van der Waals surface area contributed by atoms with Crippen molar-refractivity contribution in [2.75, 3.05) is 0 Å². The molecule has 2 bridgehead atoms. The lowest BCUT2D eigenvalue weighted by Crippen LogP contribution is -2.35. The topological polar surface area (TPSA) is 26.3 Å². The second-order valence-electron chi connectivity index (χ2n) is 4.98. The van der Waals surface area contributed by atoms with Gasteiger partial charge in [0.25, 0.3) is 0 Å². The van der Waals surface area contributed by atoms with Gasteiger partial charge in [-0.3, -0.25) is 0 Å². The molecular formula is C11H16O2. The van der Waals surface area contributed by atoms with Crippen LogP contribution in [0.25, 0.3) is 0 Å². The summed E-state index contributed by atoms with van der Waals surface area (Å²) in [6.07, 6.45) is 8.36. The molecule has 1 heterocycles. The first kappa shape index (κ1) is 7.98. The highest BCUT2D eigenvalue weighted by molar-refractivity contribution is 5.56. The first-order chi connectivity index (χ1) is 6.32. The summed E-state index contributed by atoms with van der Waals surface area (Å²) in [4.78, 5) is 10.6. The molecule has 2 nitrogen and oxygen atoms in total. The second-order valence-corrected chi connectivity index (χ2v) is 4.98. The predicted molar refractivity (Wildman–Crippen MR) is 48.4 cm³/mol. The second kappa shape index (κ2) is 2.57. The lowest BCUT2D eigenvalue weighted by Gasteiger charge is -2.33. The number of carbonyl (C=O) groups excluding carboxylic acids is 1. The molecule has 3 rings (SSSR count). The van der Waals surface area contributed by atoms with E-state index in [1.165, 1.54) is 25.7 Å². The van der Waals surface area contributed by atoms with Crippen LogP contribution in [0.2, 0.25) is 0 Å². The highest BCUT2D eigenvalue weighted by Crippen LogP contribution is 2.57. The van der Waals surface area contributed by atoms with Crippen molar-refractivity contribution in [3.8, 4) is 0 Å². The number of aldehydes is 1. The van der Waals surface area contributed by atoms with Gasteiger partial charge in [0.2, 0.25) is 0 Å². The minimum absolute atomic E-state index is 0.0839. The molecule has 3 aliphatic rings. The van der Waals surface area contributed by atoms with Crippen LogP contribution in [0.5, 0.6) is 0 Å². The van der Waals surface area contributed by atoms with Gasteiger partial charge in [0.05, 0.1) is 5.60 Å². The van der Waals surface area contributed by atoms with Gasteiger partial charge in [-0.25, -0.2) is 0 Å². The van der Waals surface area contributed by atoms with Crippen LogP contribution < -0.4 is 0 Å². The number of carbonyl (C=O) groups is 1. The maximum Gasteiger partial charge on any atom is 0.148 e. The molecule has 13 heavy (non-hydrogen) atoms. The third-order valence-electron chi connectivity index (χ3n) is 4.31. The van der Waals surface area contributed by atoms with Crippen LogP contribution in [0.3, 0.4) is 0 Å². The largest absolute Gasteiger partial charge is 0.364 e. The molecule has 4 atom stereocenters. The van der Waals surface area contributed by atoms with Crippen LogP contribution in [0.15, 0.2) is 0 Å². The van der Waals surface area contributed by atoms with Crippen LogP contribution >= 0.6 is 0 Å². The molecule has 0 aromatic rings. The smallest absolute Gasteiger partial charge is 0.148 e. The minimum Gasteiger partial charge on any atom is -0.364 e. The van der Waals surface area contributed by atoms with Crippen LogP contribution in [0, 0.1) is 11.8 Å². The van der Waals surface area contributed by atoms with Crippen molar-refractivity contribution in [1.82, 2.24) is 0 Å². The van der Waals surface area contributed by atoms with Gasteiger partial charge in [0.1, 0.15) is 12.4 Å². The fourth-order valence-corrected chi connectivity index (χ4v) is 3.75. The van der Waals surface area contributed by atoms with Crippen molar-refractivity contribution < 1.29 is 9.53 Å². The standard InChI is InChI=1S/C11H16O2/c12-7-10-3-4-11(13-10)6-8-1-2-9(11)5-8/h7-10H,1-6H2. The Morgan fingerprint density at radius 3 is 2.77 bits per heavy atom. The molecule has 2 heteroatoms. The van der Waals surface area contributed by atoms with Gasteiger partial charge in [0, 0.05) is 0 Å². The zero-order valence-electron chi connectivity index (χ0n) is 7.87. The zero-order valence-corrected chi connectivity index (χ0v) is 7.87. The van der Waals surface area contributed by atoms with E-state index in [9.17, 15) is 4.79 Å². The molecule has 4 unspecified atom stereocenters. The quantitative estimate of drug-likeness (QED) is 0.576. The van der Waals surface area contributed by atoms with Crippen LogP contribution in [-0.2, 0) is 9.53 Å². The summed E-state index contributed by atoms with van der Waals surface area (Å²) in [5, 5.41) is 0. The number of fused-ring (bicyclic) bond motifs is 3. The summed E-state index contributed by atoms with van der Waals surface area (Å²) >= 11 is 0. The molecule has 2 saturated carbocycles. The average molecular weight is 180 g/mol. The van der Waals surface area contributed by atoms with E-state index in [1.807, 2.05) is 0 Å². The van der Waals surface area contributed by atoms with E-state index in [4.69, 9.17) is 4.74 Å². The van der Waals surface area contributed by atoms with Crippen molar-refractivity contribution in [1.29, 1.82) is 0 Å². The summed E-state index contributed by atoms with van der Waals surface area (Å²) in [6, 6.07) is 0. The Bertz CT molecular complexity index is 238. The lowest BCUT2D eigenvalue weighted by molar-refractivity contribution is -0.127. The zero-order chi connectivity index (χ0) is 8.89. The highest BCUT2D eigenvalue weighted by Gasteiger charge is 2.55. The predicted octanol–water partition coefficient (Wildman–Crippen LogP) is 1.92. The molecule has 0 aromatic carbocycles. The van der Waals surface area contributed by atoms with Gasteiger partial charge in [-0.1, -0.05) is 0 Å². The fraction of sp³-hybridized carbons (Fsp3) is 0.909. The number of hydrogen-bond acceptors (Lipinski definition) is 2. The molecule has 1 aliphatic heterocycles. The first-order valence-corrected chi connectivity index (χ1v) is 5.45. The van der Waals surface area contributed by atoms with Crippen LogP contribution in [0.4, 0.5) is 0 Å². The highest BCUT2D eigenvalue weighted by atomic mass is 16.5. The summed E-state index contributed by atoms with van der Waals surface area (Å²) in [7, 11) is 0. The van der Waals surface area contributed by atoms with Gasteiger partial charge in [-0.05, 0) is 50.4 Å². The molecule has 72 valence electrons. The molecule has 0 N–H and O–H groups in total. The molecule has 2 aliphatic carbocycles. The fourth-order valence-electron chi connectivity index (χ4n) is 3.75. The number of rotatable bonds is 1. The minimum atomic E-state index is -0.0839. The van der Waals surface area contributed by atoms with Crippen LogP contribution in [0.1, 0.15) is 38.5 Å². The van der Waals surface area contributed by atoms with Crippen LogP contribution in [-0.4, -0.2) is 18.0 Å². The van der Waals surface area contributed by atoms with Gasteiger partial charge < -0.3 is 9.53 Å². The summed E-state index contributed by atoms with van der Waals surface area (Å²) < 4.78 is 5.92. The maximum atomic E-state index is 10.6. The molecule has 1 spiro atoms. The molecule has 3 fully saturated rings. The average Bonchev–Trinajstić information content (AvgIpc) is 2.80. The van der Waals surface area contributed by atoms with Crippen molar-refractivity contribution in [3.05, 3.63) is 0 Å². The van der Waals surface area contributed by atoms with Crippen molar-refractivity contribution in [2.45, 2.75) is 50.2 Å². The molecular weight excluding hydrogens is 164 g/mol. The summed E-state index contributed by atoms with van der Waals surface area (Å²) in [6.45, 7) is 0. The Morgan fingerprint density at radius 2 is 2.23 bits per heavy atom. The Morgan fingerprint density at radius 1 is 1.31 bits per heavy atom. The van der Waals surface area contributed by atoms with Gasteiger partial charge >= 0.3 is 0 Å². The van der Waals surface area contributed by atoms with E-state index in [0.717, 1.165) is 31.0 Å². The number of ether oxygens (including phenoxy) is 1. The van der Waals surface area contributed by atoms with Crippen molar-refractivity contribution >= 4 is 6.29 Å². The third kappa shape index (κ3) is 1.01. The Balaban J connectivity index is 1.80. The molecule has 0 amide bonds. The summed E-state index contributed by atoms with van der Waals surface area (Å²) in [5.74, 6) is 1.69. The van der Waals surface area contributed by atoms with Crippen molar-refractivity contribution in [2.24, 2.45) is 11.8 Å². The SMILES string of the molecule is O=CC1CCC2(CC3CCC2C3)O1. The maximum absolute atomic E-state index is 10.6. The lowest BCUT2D eigenvalue weighted by atomic mass is 9.82. The van der Waals surface area contributed by atoms with E-state index in [2.05, 4.69) is 0 Å². The monoisotopic (exact) mass is 180 g/mol. The molecule has 0 radical (unpaired) electrons. The van der Waals surface area contributed by atoms with Crippen molar-refractivity contribution in [3.63, 3.8) is 0 Å². The summed E-state index contributed by atoms with van der Waals surface area (Å²) in [5.41, 5.74) is 0.147. The van der Waals surface area contributed by atoms with E-state index in [0.29, 0.717) is 0 Å².